The average molecular weight is 466 g/mol. The fraction of sp³-hybridized carbons (Fsp3) is 0.350. The largest absolute Gasteiger partial charge is 0.493 e. The van der Waals surface area contributed by atoms with Crippen molar-refractivity contribution in [3.05, 3.63) is 41.1 Å². The minimum atomic E-state index is -3.79. The lowest BCUT2D eigenvalue weighted by atomic mass is 10.2. The molecule has 1 atom stereocenters. The van der Waals surface area contributed by atoms with Crippen molar-refractivity contribution in [2.24, 2.45) is 0 Å². The number of carbonyl (C=O) groups is 1. The summed E-state index contributed by atoms with van der Waals surface area (Å²) in [5.74, 6) is 0.827. The molecule has 31 heavy (non-hydrogen) atoms. The maximum atomic E-state index is 12.7. The summed E-state index contributed by atoms with van der Waals surface area (Å²) in [6.45, 7) is 5.40. The highest BCUT2D eigenvalue weighted by atomic mass is 32.2. The number of amides is 1. The predicted molar refractivity (Wildman–Crippen MR) is 117 cm³/mol. The number of hydrogen-bond acceptors (Lipinski definition) is 9. The first kappa shape index (κ1) is 22.8. The Labute approximate surface area is 184 Å². The van der Waals surface area contributed by atoms with Crippen molar-refractivity contribution in [2.45, 2.75) is 31.8 Å². The summed E-state index contributed by atoms with van der Waals surface area (Å²) in [6.07, 6.45) is 0. The number of nitrogens with zero attached hydrogens (tertiary/aromatic N) is 2. The molecule has 1 N–H and O–H groups in total. The highest BCUT2D eigenvalue weighted by Crippen LogP contribution is 2.34. The van der Waals surface area contributed by atoms with E-state index in [1.807, 2.05) is 13.0 Å². The Hall–Kier alpha value is -2.92. The molecule has 1 unspecified atom stereocenters. The molecule has 166 valence electrons. The SMILES string of the molecule is CCOc1ccc(-c2nc(CS(=O)(=O)C(C)C(=O)Nc3cc(C)on3)cs2)cc1OC. The number of thiazole rings is 1. The first-order valence-corrected chi connectivity index (χ1v) is 12.0. The minimum absolute atomic E-state index is 0.171. The normalized spacial score (nSPS) is 12.4. The van der Waals surface area contributed by atoms with Gasteiger partial charge in [0.1, 0.15) is 16.0 Å². The van der Waals surface area contributed by atoms with Gasteiger partial charge in [-0.3, -0.25) is 4.79 Å². The van der Waals surface area contributed by atoms with Crippen LogP contribution in [0.1, 0.15) is 25.3 Å². The van der Waals surface area contributed by atoms with Gasteiger partial charge in [0.15, 0.2) is 27.2 Å². The Morgan fingerprint density at radius 2 is 2.06 bits per heavy atom. The van der Waals surface area contributed by atoms with E-state index >= 15 is 0 Å². The maximum Gasteiger partial charge on any atom is 0.243 e. The minimum Gasteiger partial charge on any atom is -0.493 e. The first-order valence-electron chi connectivity index (χ1n) is 9.45. The maximum absolute atomic E-state index is 12.7. The molecular formula is C20H23N3O6S2. The molecule has 9 nitrogen and oxygen atoms in total. The van der Waals surface area contributed by atoms with E-state index < -0.39 is 21.0 Å². The Morgan fingerprint density at radius 1 is 1.29 bits per heavy atom. The van der Waals surface area contributed by atoms with Crippen LogP contribution in [-0.2, 0) is 20.4 Å². The van der Waals surface area contributed by atoms with Crippen LogP contribution in [-0.4, -0.2) is 43.4 Å². The lowest BCUT2D eigenvalue weighted by Gasteiger charge is -2.11. The number of benzene rings is 1. The van der Waals surface area contributed by atoms with Crippen molar-refractivity contribution < 1.29 is 27.2 Å². The Kier molecular flexibility index (Phi) is 6.96. The molecule has 3 aromatic rings. The zero-order chi connectivity index (χ0) is 22.6. The molecule has 0 aliphatic rings. The summed E-state index contributed by atoms with van der Waals surface area (Å²) < 4.78 is 41.2. The second-order valence-electron chi connectivity index (χ2n) is 6.70. The van der Waals surface area contributed by atoms with Crippen LogP contribution in [0.25, 0.3) is 10.6 Å². The fourth-order valence-corrected chi connectivity index (χ4v) is 4.85. The van der Waals surface area contributed by atoms with Gasteiger partial charge in [-0.05, 0) is 39.0 Å². The van der Waals surface area contributed by atoms with Gasteiger partial charge in [0.2, 0.25) is 5.91 Å². The molecule has 0 aliphatic carbocycles. The van der Waals surface area contributed by atoms with E-state index in [4.69, 9.17) is 14.0 Å². The zero-order valence-electron chi connectivity index (χ0n) is 17.5. The van der Waals surface area contributed by atoms with Gasteiger partial charge in [-0.25, -0.2) is 13.4 Å². The molecule has 0 radical (unpaired) electrons. The van der Waals surface area contributed by atoms with Gasteiger partial charge in [-0.2, -0.15) is 0 Å². The van der Waals surface area contributed by atoms with E-state index in [9.17, 15) is 13.2 Å². The van der Waals surface area contributed by atoms with E-state index in [-0.39, 0.29) is 11.6 Å². The highest BCUT2D eigenvalue weighted by molar-refractivity contribution is 7.92. The second-order valence-corrected chi connectivity index (χ2v) is 9.88. The third kappa shape index (κ3) is 5.42. The van der Waals surface area contributed by atoms with Crippen LogP contribution >= 0.6 is 11.3 Å². The molecule has 3 rings (SSSR count). The molecular weight excluding hydrogens is 442 g/mol. The Bertz CT molecular complexity index is 1170. The number of aromatic nitrogens is 2. The smallest absolute Gasteiger partial charge is 0.243 e. The van der Waals surface area contributed by atoms with Crippen molar-refractivity contribution in [3.8, 4) is 22.1 Å². The van der Waals surface area contributed by atoms with E-state index in [1.54, 1.807) is 31.5 Å². The summed E-state index contributed by atoms with van der Waals surface area (Å²) in [5, 5.41) is 7.12. The lowest BCUT2D eigenvalue weighted by Crippen LogP contribution is -2.33. The third-order valence-electron chi connectivity index (χ3n) is 4.40. The summed E-state index contributed by atoms with van der Waals surface area (Å²) in [6, 6.07) is 6.92. The van der Waals surface area contributed by atoms with Gasteiger partial charge in [0.25, 0.3) is 0 Å². The second kappa shape index (κ2) is 9.48. The predicted octanol–water partition coefficient (Wildman–Crippen LogP) is 3.46. The van der Waals surface area contributed by atoms with E-state index in [2.05, 4.69) is 15.5 Å². The molecule has 11 heteroatoms. The summed E-state index contributed by atoms with van der Waals surface area (Å²) >= 11 is 1.31. The van der Waals surface area contributed by atoms with Crippen LogP contribution in [0.5, 0.6) is 11.5 Å². The Morgan fingerprint density at radius 3 is 2.71 bits per heavy atom. The van der Waals surface area contributed by atoms with Gasteiger partial charge in [-0.15, -0.1) is 11.3 Å². The van der Waals surface area contributed by atoms with E-state index in [0.717, 1.165) is 5.56 Å². The van der Waals surface area contributed by atoms with Crippen molar-refractivity contribution in [1.82, 2.24) is 10.1 Å². The van der Waals surface area contributed by atoms with Gasteiger partial charge in [0.05, 0.1) is 25.2 Å². The first-order chi connectivity index (χ1) is 14.7. The number of rotatable bonds is 9. The summed E-state index contributed by atoms with van der Waals surface area (Å²) in [5.41, 5.74) is 1.14. The average Bonchev–Trinajstić information content (AvgIpc) is 3.36. The van der Waals surface area contributed by atoms with Crippen molar-refractivity contribution in [2.75, 3.05) is 19.0 Å². The van der Waals surface area contributed by atoms with Gasteiger partial charge >= 0.3 is 0 Å². The molecule has 2 aromatic heterocycles. The van der Waals surface area contributed by atoms with Crippen LogP contribution in [0.3, 0.4) is 0 Å². The molecule has 1 amide bonds. The lowest BCUT2D eigenvalue weighted by molar-refractivity contribution is -0.115. The summed E-state index contributed by atoms with van der Waals surface area (Å²) in [7, 11) is -2.24. The van der Waals surface area contributed by atoms with E-state index in [1.165, 1.54) is 24.3 Å². The molecule has 0 aliphatic heterocycles. The molecule has 1 aromatic carbocycles. The Balaban J connectivity index is 1.72. The zero-order valence-corrected chi connectivity index (χ0v) is 19.2. The monoisotopic (exact) mass is 465 g/mol. The molecule has 0 saturated heterocycles. The number of nitrogens with one attached hydrogen (secondary N) is 1. The molecule has 2 heterocycles. The quantitative estimate of drug-likeness (QED) is 0.510. The number of methoxy groups -OCH3 is 1. The van der Waals surface area contributed by atoms with Crippen LogP contribution in [0.15, 0.2) is 34.2 Å². The van der Waals surface area contributed by atoms with Crippen LogP contribution in [0, 0.1) is 6.92 Å². The topological polar surface area (TPSA) is 121 Å². The fourth-order valence-electron chi connectivity index (χ4n) is 2.73. The van der Waals surface area contributed by atoms with E-state index in [0.29, 0.717) is 34.6 Å². The van der Waals surface area contributed by atoms with Crippen LogP contribution in [0.2, 0.25) is 0 Å². The van der Waals surface area contributed by atoms with Crippen molar-refractivity contribution in [3.63, 3.8) is 0 Å². The number of hydrogen-bond donors (Lipinski definition) is 1. The highest BCUT2D eigenvalue weighted by Gasteiger charge is 2.29. The van der Waals surface area contributed by atoms with Gasteiger partial charge < -0.3 is 19.3 Å². The third-order valence-corrected chi connectivity index (χ3v) is 7.33. The number of sulfone groups is 1. The number of carbonyl (C=O) groups excluding carboxylic acids is 1. The molecule has 0 saturated carbocycles. The van der Waals surface area contributed by atoms with Crippen molar-refractivity contribution >= 4 is 32.9 Å². The molecule has 0 bridgehead atoms. The number of ether oxygens (including phenoxy) is 2. The molecule has 0 fully saturated rings. The van der Waals surface area contributed by atoms with Gasteiger partial charge in [0, 0.05) is 17.0 Å². The standard InChI is InChI=1S/C20H23N3O6S2/c1-5-28-16-7-6-14(9-17(16)27-4)20-21-15(10-30-20)11-31(25,26)13(3)19(24)22-18-8-12(2)29-23-18/h6-10,13H,5,11H2,1-4H3,(H,22,23,24). The number of anilines is 1. The van der Waals surface area contributed by atoms with Crippen LogP contribution in [0.4, 0.5) is 5.82 Å². The van der Waals surface area contributed by atoms with Gasteiger partial charge in [-0.1, -0.05) is 5.16 Å². The number of aryl methyl sites for hydroxylation is 1. The van der Waals surface area contributed by atoms with Crippen molar-refractivity contribution in [1.29, 1.82) is 0 Å². The molecule has 0 spiro atoms. The summed E-state index contributed by atoms with van der Waals surface area (Å²) in [4.78, 5) is 16.8. The van der Waals surface area contributed by atoms with Crippen LogP contribution < -0.4 is 14.8 Å².